The van der Waals surface area contributed by atoms with Crippen LogP contribution in [0.25, 0.3) is 21.5 Å². The second-order valence-electron chi connectivity index (χ2n) is 11.8. The lowest BCUT2D eigenvalue weighted by atomic mass is 9.94. The molecule has 0 aliphatic carbocycles. The molecule has 0 unspecified atom stereocenters. The molecule has 0 saturated heterocycles. The third-order valence-electron chi connectivity index (χ3n) is 8.76. The predicted octanol–water partition coefficient (Wildman–Crippen LogP) is 6.02. The van der Waals surface area contributed by atoms with E-state index in [1.54, 1.807) is 72.8 Å². The zero-order valence-electron chi connectivity index (χ0n) is 25.8. The Hall–Kier alpha value is -6.16. The van der Waals surface area contributed by atoms with Crippen LogP contribution >= 0.6 is 0 Å². The smallest absolute Gasteiger partial charge is 0.261 e. The van der Waals surface area contributed by atoms with Crippen LogP contribution in [-0.4, -0.2) is 58.3 Å². The lowest BCUT2D eigenvalue weighted by molar-refractivity contribution is -0.117. The largest absolute Gasteiger partial charge is 0.324 e. The van der Waals surface area contributed by atoms with Gasteiger partial charge in [0, 0.05) is 59.0 Å². The van der Waals surface area contributed by atoms with E-state index in [0.717, 1.165) is 10.8 Å². The lowest BCUT2D eigenvalue weighted by Crippen LogP contribution is -2.41. The molecule has 2 heterocycles. The molecule has 0 atom stereocenters. The van der Waals surface area contributed by atoms with Gasteiger partial charge in [-0.15, -0.1) is 0 Å². The third-order valence-corrected chi connectivity index (χ3v) is 8.76. The normalized spacial score (nSPS) is 13.8. The molecule has 10 heteroatoms. The first-order valence-electron chi connectivity index (χ1n) is 15.8. The Morgan fingerprint density at radius 3 is 1.12 bits per heavy atom. The van der Waals surface area contributed by atoms with Gasteiger partial charge in [-0.2, -0.15) is 0 Å². The van der Waals surface area contributed by atoms with Crippen LogP contribution in [0, 0.1) is 0 Å². The van der Waals surface area contributed by atoms with Gasteiger partial charge in [0.2, 0.25) is 11.8 Å². The van der Waals surface area contributed by atoms with Gasteiger partial charge in [0.05, 0.1) is 11.4 Å². The van der Waals surface area contributed by atoms with E-state index >= 15 is 0 Å². The van der Waals surface area contributed by atoms with Crippen molar-refractivity contribution in [2.75, 3.05) is 23.7 Å². The second kappa shape index (κ2) is 12.6. The number of nitrogens with one attached hydrogen (secondary N) is 2. The standard InChI is InChI=1S/C38H30N4O6/c43-31(19-7-21-41-35(45)25-13-3-9-23-10-4-14-26(33(23)25)36(41)46)39-29-17-1-2-18-30(29)40-32(44)20-8-22-42-37(47)27-15-5-11-24-12-6-16-28(34(24)27)38(42)48/h1-6,9-18H,7-8,19-22H2,(H,39,43)(H,40,44). The third kappa shape index (κ3) is 5.47. The molecule has 0 saturated carbocycles. The fourth-order valence-corrected chi connectivity index (χ4v) is 6.49. The highest BCUT2D eigenvalue weighted by Crippen LogP contribution is 2.31. The van der Waals surface area contributed by atoms with Crippen LogP contribution in [0.1, 0.15) is 67.1 Å². The van der Waals surface area contributed by atoms with Gasteiger partial charge in [0.25, 0.3) is 23.6 Å². The predicted molar refractivity (Wildman–Crippen MR) is 181 cm³/mol. The van der Waals surface area contributed by atoms with Gasteiger partial charge in [-0.1, -0.05) is 60.7 Å². The number of carbonyl (C=O) groups excluding carboxylic acids is 6. The van der Waals surface area contributed by atoms with Crippen LogP contribution in [0.5, 0.6) is 0 Å². The molecular weight excluding hydrogens is 608 g/mol. The van der Waals surface area contributed by atoms with Crippen LogP contribution in [0.15, 0.2) is 97.1 Å². The van der Waals surface area contributed by atoms with Crippen molar-refractivity contribution in [3.05, 3.63) is 119 Å². The Kier molecular flexibility index (Phi) is 7.98. The van der Waals surface area contributed by atoms with Crippen LogP contribution in [0.4, 0.5) is 11.4 Å². The van der Waals surface area contributed by atoms with E-state index in [0.29, 0.717) is 44.4 Å². The molecular formula is C38H30N4O6. The summed E-state index contributed by atoms with van der Waals surface area (Å²) in [6.45, 7) is 0.161. The summed E-state index contributed by atoms with van der Waals surface area (Å²) in [6, 6.07) is 28.2. The molecule has 0 bridgehead atoms. The number of amides is 6. The number of benzene rings is 5. The summed E-state index contributed by atoms with van der Waals surface area (Å²) in [4.78, 5) is 80.7. The second-order valence-corrected chi connectivity index (χ2v) is 11.8. The van der Waals surface area contributed by atoms with E-state index in [1.165, 1.54) is 9.80 Å². The molecule has 2 aliphatic rings. The molecule has 48 heavy (non-hydrogen) atoms. The summed E-state index contributed by atoms with van der Waals surface area (Å²) in [7, 11) is 0. The Labute approximate surface area is 275 Å². The fraction of sp³-hybridized carbons (Fsp3) is 0.158. The molecule has 0 aromatic heterocycles. The zero-order chi connectivity index (χ0) is 33.4. The molecule has 0 fully saturated rings. The first kappa shape index (κ1) is 30.5. The lowest BCUT2D eigenvalue weighted by Gasteiger charge is -2.27. The first-order chi connectivity index (χ1) is 23.3. The maximum absolute atomic E-state index is 13.1. The van der Waals surface area contributed by atoms with Crippen molar-refractivity contribution in [2.24, 2.45) is 0 Å². The highest BCUT2D eigenvalue weighted by molar-refractivity contribution is 6.26. The van der Waals surface area contributed by atoms with Crippen molar-refractivity contribution >= 4 is 68.4 Å². The fourth-order valence-electron chi connectivity index (χ4n) is 6.49. The van der Waals surface area contributed by atoms with E-state index in [4.69, 9.17) is 0 Å². The van der Waals surface area contributed by atoms with Crippen molar-refractivity contribution < 1.29 is 28.8 Å². The molecule has 2 aliphatic heterocycles. The number of carbonyl (C=O) groups is 6. The summed E-state index contributed by atoms with van der Waals surface area (Å²) in [5.74, 6) is -2.20. The quantitative estimate of drug-likeness (QED) is 0.180. The van der Waals surface area contributed by atoms with Gasteiger partial charge >= 0.3 is 0 Å². The number of anilines is 2. The van der Waals surface area contributed by atoms with Gasteiger partial charge in [-0.3, -0.25) is 38.6 Å². The molecule has 0 spiro atoms. The Balaban J connectivity index is 0.920. The molecule has 6 amide bonds. The summed E-state index contributed by atoms with van der Waals surface area (Å²) < 4.78 is 0. The summed E-state index contributed by atoms with van der Waals surface area (Å²) in [6.07, 6.45) is 0.589. The summed E-state index contributed by atoms with van der Waals surface area (Å²) in [5.41, 5.74) is 2.66. The number of rotatable bonds is 10. The number of imide groups is 2. The van der Waals surface area contributed by atoms with Crippen molar-refractivity contribution in [2.45, 2.75) is 25.7 Å². The average Bonchev–Trinajstić information content (AvgIpc) is 3.09. The van der Waals surface area contributed by atoms with Crippen molar-refractivity contribution in [1.29, 1.82) is 0 Å². The van der Waals surface area contributed by atoms with E-state index < -0.39 is 0 Å². The van der Waals surface area contributed by atoms with Gasteiger partial charge in [-0.25, -0.2) is 0 Å². The Bertz CT molecular complexity index is 1940. The van der Waals surface area contributed by atoms with Gasteiger partial charge in [0.1, 0.15) is 0 Å². The number of para-hydroxylation sites is 2. The molecule has 7 rings (SSSR count). The Morgan fingerprint density at radius 2 is 0.792 bits per heavy atom. The zero-order valence-corrected chi connectivity index (χ0v) is 25.8. The van der Waals surface area contributed by atoms with Crippen LogP contribution in [0.3, 0.4) is 0 Å². The summed E-state index contributed by atoms with van der Waals surface area (Å²) in [5, 5.41) is 8.57. The highest BCUT2D eigenvalue weighted by atomic mass is 16.2. The molecule has 238 valence electrons. The van der Waals surface area contributed by atoms with Crippen molar-refractivity contribution in [3.63, 3.8) is 0 Å². The molecule has 5 aromatic rings. The van der Waals surface area contributed by atoms with E-state index in [9.17, 15) is 28.8 Å². The van der Waals surface area contributed by atoms with Crippen LogP contribution in [-0.2, 0) is 9.59 Å². The molecule has 10 nitrogen and oxygen atoms in total. The van der Waals surface area contributed by atoms with E-state index in [-0.39, 0.29) is 74.2 Å². The SMILES string of the molecule is O=C(CCCN1C(=O)c2cccc3cccc(c23)C1=O)Nc1ccccc1NC(=O)CCCN1C(=O)c2cccc3cccc(c23)C1=O. The molecule has 0 radical (unpaired) electrons. The maximum atomic E-state index is 13.1. The number of nitrogens with zero attached hydrogens (tertiary/aromatic N) is 2. The van der Waals surface area contributed by atoms with Crippen molar-refractivity contribution in [3.8, 4) is 0 Å². The monoisotopic (exact) mass is 638 g/mol. The Morgan fingerprint density at radius 1 is 0.458 bits per heavy atom. The summed E-state index contributed by atoms with van der Waals surface area (Å²) >= 11 is 0. The van der Waals surface area contributed by atoms with E-state index in [1.807, 2.05) is 24.3 Å². The van der Waals surface area contributed by atoms with Gasteiger partial charge < -0.3 is 10.6 Å². The maximum Gasteiger partial charge on any atom is 0.261 e. The molecule has 2 N–H and O–H groups in total. The van der Waals surface area contributed by atoms with E-state index in [2.05, 4.69) is 10.6 Å². The van der Waals surface area contributed by atoms with Crippen LogP contribution in [0.2, 0.25) is 0 Å². The number of hydrogen-bond acceptors (Lipinski definition) is 6. The first-order valence-corrected chi connectivity index (χ1v) is 15.8. The highest BCUT2D eigenvalue weighted by Gasteiger charge is 2.33. The minimum Gasteiger partial charge on any atom is -0.324 e. The van der Waals surface area contributed by atoms with Crippen LogP contribution < -0.4 is 10.6 Å². The topological polar surface area (TPSA) is 133 Å². The van der Waals surface area contributed by atoms with Gasteiger partial charge in [-0.05, 0) is 60.0 Å². The molecule has 5 aromatic carbocycles. The minimum absolute atomic E-state index is 0.0416. The average molecular weight is 639 g/mol. The minimum atomic E-state index is -0.381. The number of hydrogen-bond donors (Lipinski definition) is 2. The van der Waals surface area contributed by atoms with Gasteiger partial charge in [0.15, 0.2) is 0 Å². The van der Waals surface area contributed by atoms with Crippen molar-refractivity contribution in [1.82, 2.24) is 9.80 Å².